The molecule has 0 saturated carbocycles. The fourth-order valence-corrected chi connectivity index (χ4v) is 5.07. The standard InChI is InChI=1S/C31H46ClN5O3/c1-5-6-7-8-9-10-11-12-13-14-21-40-26(39)20-16-19-25(38)33-24-18-15-17-23(22-24)29-34-30-27(32)28(31(2,3)4)35-37(30)36-29/h15,17-18,22,35H,5-14,16,19-21H2,1-4H3,(H,33,38). The molecule has 0 aliphatic carbocycles. The lowest BCUT2D eigenvalue weighted by atomic mass is 9.92. The van der Waals surface area contributed by atoms with E-state index < -0.39 is 0 Å². The zero-order valence-corrected chi connectivity index (χ0v) is 25.4. The number of nitrogens with zero attached hydrogens (tertiary/aromatic N) is 3. The first kappa shape index (κ1) is 31.7. The number of amides is 1. The van der Waals surface area contributed by atoms with Gasteiger partial charge < -0.3 is 10.1 Å². The first-order chi connectivity index (χ1) is 19.2. The van der Waals surface area contributed by atoms with Crippen molar-refractivity contribution in [1.29, 1.82) is 0 Å². The molecular formula is C31H46ClN5O3. The zero-order valence-electron chi connectivity index (χ0n) is 24.7. The van der Waals surface area contributed by atoms with Crippen LogP contribution in [0.5, 0.6) is 0 Å². The average Bonchev–Trinajstić information content (AvgIpc) is 3.47. The minimum Gasteiger partial charge on any atom is -0.466 e. The molecule has 0 aliphatic rings. The van der Waals surface area contributed by atoms with Gasteiger partial charge in [0.15, 0.2) is 11.5 Å². The van der Waals surface area contributed by atoms with Gasteiger partial charge in [0.25, 0.3) is 0 Å². The van der Waals surface area contributed by atoms with Gasteiger partial charge >= 0.3 is 5.97 Å². The van der Waals surface area contributed by atoms with Crippen molar-refractivity contribution in [3.63, 3.8) is 0 Å². The van der Waals surface area contributed by atoms with Gasteiger partial charge in [-0.1, -0.05) is 109 Å². The van der Waals surface area contributed by atoms with Crippen molar-refractivity contribution in [2.45, 2.75) is 117 Å². The molecule has 1 aromatic carbocycles. The first-order valence-corrected chi connectivity index (χ1v) is 15.3. The van der Waals surface area contributed by atoms with E-state index in [1.165, 1.54) is 51.4 Å². The Labute approximate surface area is 243 Å². The number of unbranched alkanes of at least 4 members (excludes halogenated alkanes) is 9. The molecule has 0 atom stereocenters. The van der Waals surface area contributed by atoms with Gasteiger partial charge in [-0.3, -0.25) is 14.7 Å². The van der Waals surface area contributed by atoms with Gasteiger partial charge in [0, 0.05) is 29.5 Å². The second-order valence-electron chi connectivity index (χ2n) is 11.6. The number of esters is 1. The Morgan fingerprint density at radius 3 is 2.30 bits per heavy atom. The van der Waals surface area contributed by atoms with Crippen molar-refractivity contribution < 1.29 is 14.3 Å². The number of fused-ring (bicyclic) bond motifs is 1. The van der Waals surface area contributed by atoms with Crippen molar-refractivity contribution in [1.82, 2.24) is 19.8 Å². The minimum absolute atomic E-state index is 0.151. The largest absolute Gasteiger partial charge is 0.466 e. The van der Waals surface area contributed by atoms with Crippen molar-refractivity contribution in [2.75, 3.05) is 11.9 Å². The molecule has 2 aromatic heterocycles. The number of nitrogens with one attached hydrogen (secondary N) is 2. The third-order valence-corrected chi connectivity index (χ3v) is 7.30. The summed E-state index contributed by atoms with van der Waals surface area (Å²) in [5.41, 5.74) is 2.69. The van der Waals surface area contributed by atoms with Crippen molar-refractivity contribution in [3.05, 3.63) is 35.0 Å². The first-order valence-electron chi connectivity index (χ1n) is 14.9. The van der Waals surface area contributed by atoms with Crippen LogP contribution >= 0.6 is 11.6 Å². The summed E-state index contributed by atoms with van der Waals surface area (Å²) in [5.74, 6) is 0.123. The Kier molecular flexibility index (Phi) is 12.5. The van der Waals surface area contributed by atoms with Crippen LogP contribution in [-0.2, 0) is 19.7 Å². The summed E-state index contributed by atoms with van der Waals surface area (Å²) in [7, 11) is 0. The lowest BCUT2D eigenvalue weighted by Gasteiger charge is -2.16. The van der Waals surface area contributed by atoms with Crippen molar-refractivity contribution in [3.8, 4) is 11.4 Å². The number of carbonyl (C=O) groups is 2. The summed E-state index contributed by atoms with van der Waals surface area (Å²) in [4.78, 5) is 29.1. The number of ether oxygens (including phenoxy) is 1. The van der Waals surface area contributed by atoms with Crippen LogP contribution in [0.15, 0.2) is 24.3 Å². The number of aromatic amines is 1. The van der Waals surface area contributed by atoms with E-state index in [-0.39, 0.29) is 30.1 Å². The number of halogens is 1. The number of hydrogen-bond donors (Lipinski definition) is 2. The molecule has 3 aromatic rings. The number of anilines is 1. The van der Waals surface area contributed by atoms with Crippen LogP contribution in [0.25, 0.3) is 17.0 Å². The molecule has 40 heavy (non-hydrogen) atoms. The molecule has 0 spiro atoms. The number of aromatic nitrogens is 4. The highest BCUT2D eigenvalue weighted by molar-refractivity contribution is 6.34. The van der Waals surface area contributed by atoms with E-state index in [0.29, 0.717) is 35.2 Å². The van der Waals surface area contributed by atoms with Crippen LogP contribution in [-0.4, -0.2) is 38.3 Å². The van der Waals surface area contributed by atoms with Crippen LogP contribution < -0.4 is 5.32 Å². The number of benzene rings is 1. The molecule has 0 unspecified atom stereocenters. The number of carbonyl (C=O) groups excluding carboxylic acids is 2. The third-order valence-electron chi connectivity index (χ3n) is 6.94. The molecule has 8 nitrogen and oxygen atoms in total. The molecule has 1 amide bonds. The summed E-state index contributed by atoms with van der Waals surface area (Å²) < 4.78 is 6.92. The monoisotopic (exact) mass is 571 g/mol. The van der Waals surface area contributed by atoms with Crippen LogP contribution in [0, 0.1) is 0 Å². The quantitative estimate of drug-likeness (QED) is 0.125. The highest BCUT2D eigenvalue weighted by Crippen LogP contribution is 2.32. The number of hydrogen-bond acceptors (Lipinski definition) is 5. The molecule has 0 bridgehead atoms. The van der Waals surface area contributed by atoms with Crippen LogP contribution in [0.3, 0.4) is 0 Å². The van der Waals surface area contributed by atoms with Crippen LogP contribution in [0.2, 0.25) is 5.02 Å². The summed E-state index contributed by atoms with van der Waals surface area (Å²) in [6, 6.07) is 7.36. The Bertz CT molecular complexity index is 1230. The number of H-pyrrole nitrogens is 1. The minimum atomic E-state index is -0.236. The van der Waals surface area contributed by atoms with Crippen molar-refractivity contribution >= 4 is 34.8 Å². The van der Waals surface area contributed by atoms with Gasteiger partial charge in [-0.2, -0.15) is 4.63 Å². The van der Waals surface area contributed by atoms with E-state index in [0.717, 1.165) is 24.1 Å². The van der Waals surface area contributed by atoms with Gasteiger partial charge in [-0.25, -0.2) is 4.98 Å². The Morgan fingerprint density at radius 1 is 0.975 bits per heavy atom. The Hall–Kier alpha value is -2.87. The van der Waals surface area contributed by atoms with E-state index in [2.05, 4.69) is 48.2 Å². The van der Waals surface area contributed by atoms with Crippen molar-refractivity contribution in [2.24, 2.45) is 0 Å². The molecule has 2 N–H and O–H groups in total. The summed E-state index contributed by atoms with van der Waals surface area (Å²) in [6.45, 7) is 8.92. The highest BCUT2D eigenvalue weighted by Gasteiger charge is 2.24. The molecule has 3 rings (SSSR count). The summed E-state index contributed by atoms with van der Waals surface area (Å²) in [5, 5.41) is 11.2. The second kappa shape index (κ2) is 15.8. The third kappa shape index (κ3) is 9.95. The maximum Gasteiger partial charge on any atom is 0.305 e. The molecule has 0 aliphatic heterocycles. The number of rotatable bonds is 17. The van der Waals surface area contributed by atoms with Gasteiger partial charge in [-0.05, 0) is 25.0 Å². The zero-order chi connectivity index (χ0) is 29.0. The molecule has 0 saturated heterocycles. The van der Waals surface area contributed by atoms with Crippen LogP contribution in [0.4, 0.5) is 5.69 Å². The fourth-order valence-electron chi connectivity index (χ4n) is 4.62. The molecule has 2 heterocycles. The average molecular weight is 572 g/mol. The normalized spacial score (nSPS) is 11.7. The predicted octanol–water partition coefficient (Wildman–Crippen LogP) is 8.25. The van der Waals surface area contributed by atoms with E-state index >= 15 is 0 Å². The molecular weight excluding hydrogens is 526 g/mol. The maximum absolute atomic E-state index is 12.5. The van der Waals surface area contributed by atoms with Gasteiger partial charge in [-0.15, -0.1) is 5.10 Å². The predicted molar refractivity (Wildman–Crippen MR) is 162 cm³/mol. The highest BCUT2D eigenvalue weighted by atomic mass is 35.5. The molecule has 0 fully saturated rings. The lowest BCUT2D eigenvalue weighted by molar-refractivity contribution is -0.143. The van der Waals surface area contributed by atoms with E-state index in [1.807, 2.05) is 24.3 Å². The fraction of sp³-hybridized carbons (Fsp3) is 0.613. The van der Waals surface area contributed by atoms with Gasteiger partial charge in [0.1, 0.15) is 5.02 Å². The van der Waals surface area contributed by atoms with E-state index in [4.69, 9.17) is 16.3 Å². The Balaban J connectivity index is 1.33. The molecule has 0 radical (unpaired) electrons. The van der Waals surface area contributed by atoms with Crippen LogP contribution in [0.1, 0.15) is 117 Å². The van der Waals surface area contributed by atoms with Gasteiger partial charge in [0.2, 0.25) is 5.91 Å². The SMILES string of the molecule is CCCCCCCCCCCCOC(=O)CCCC(=O)Nc1cccc(-c2nc3c(Cl)c(C(C)(C)C)[nH]n3n2)c1. The molecule has 9 heteroatoms. The Morgan fingerprint density at radius 2 is 1.65 bits per heavy atom. The topological polar surface area (TPSA) is 101 Å². The van der Waals surface area contributed by atoms with E-state index in [9.17, 15) is 9.59 Å². The summed E-state index contributed by atoms with van der Waals surface area (Å²) >= 11 is 6.54. The van der Waals surface area contributed by atoms with Gasteiger partial charge in [0.05, 0.1) is 12.3 Å². The lowest BCUT2D eigenvalue weighted by Crippen LogP contribution is -2.13. The van der Waals surface area contributed by atoms with E-state index in [1.54, 1.807) is 4.63 Å². The second-order valence-corrected chi connectivity index (χ2v) is 12.0. The summed E-state index contributed by atoms with van der Waals surface area (Å²) in [6.07, 6.45) is 13.4. The smallest absolute Gasteiger partial charge is 0.305 e. The maximum atomic E-state index is 12.5. The molecule has 220 valence electrons.